The fourth-order valence-corrected chi connectivity index (χ4v) is 2.89. The first-order valence-corrected chi connectivity index (χ1v) is 8.26. The van der Waals surface area contributed by atoms with Gasteiger partial charge < -0.3 is 15.0 Å². The summed E-state index contributed by atoms with van der Waals surface area (Å²) in [4.78, 5) is 39.5. The van der Waals surface area contributed by atoms with Crippen LogP contribution in [-0.4, -0.2) is 79.1 Å². The van der Waals surface area contributed by atoms with Crippen molar-refractivity contribution in [3.63, 3.8) is 0 Å². The lowest BCUT2D eigenvalue weighted by Crippen LogP contribution is -2.57. The van der Waals surface area contributed by atoms with E-state index in [0.29, 0.717) is 39.3 Å². The van der Waals surface area contributed by atoms with Crippen LogP contribution in [0.2, 0.25) is 0 Å². The topological polar surface area (TPSA) is 91.0 Å². The quantitative estimate of drug-likeness (QED) is 0.730. The maximum Gasteiger partial charge on any atom is 0.321 e. The third-order valence-electron chi connectivity index (χ3n) is 4.33. The molecule has 2 unspecified atom stereocenters. The third kappa shape index (κ3) is 4.65. The number of ether oxygens (including phenoxy) is 1. The Labute approximate surface area is 136 Å². The molecule has 0 aromatic heterocycles. The van der Waals surface area contributed by atoms with Crippen molar-refractivity contribution in [3.05, 3.63) is 0 Å². The van der Waals surface area contributed by atoms with Crippen LogP contribution >= 0.6 is 0 Å². The predicted octanol–water partition coefficient (Wildman–Crippen LogP) is -0.456. The Balaban J connectivity index is 1.77. The molecule has 0 saturated carbocycles. The van der Waals surface area contributed by atoms with Gasteiger partial charge in [0.2, 0.25) is 5.91 Å². The first kappa shape index (κ1) is 17.7. The van der Waals surface area contributed by atoms with Gasteiger partial charge in [-0.25, -0.2) is 4.79 Å². The van der Waals surface area contributed by atoms with Gasteiger partial charge in [-0.3, -0.25) is 19.8 Å². The van der Waals surface area contributed by atoms with Crippen molar-refractivity contribution in [2.45, 2.75) is 38.8 Å². The van der Waals surface area contributed by atoms with E-state index < -0.39 is 12.1 Å². The van der Waals surface area contributed by atoms with E-state index in [1.807, 2.05) is 4.90 Å². The van der Waals surface area contributed by atoms with Crippen LogP contribution in [0.4, 0.5) is 4.79 Å². The number of hydrogen-bond acceptors (Lipinski definition) is 5. The van der Waals surface area contributed by atoms with Crippen LogP contribution in [0.15, 0.2) is 0 Å². The van der Waals surface area contributed by atoms with Crippen LogP contribution in [0, 0.1) is 0 Å². The Morgan fingerprint density at radius 1 is 1.22 bits per heavy atom. The Bertz CT molecular complexity index is 443. The van der Waals surface area contributed by atoms with Gasteiger partial charge in [-0.15, -0.1) is 0 Å². The highest BCUT2D eigenvalue weighted by Crippen LogP contribution is 2.16. The highest BCUT2D eigenvalue weighted by molar-refractivity contribution is 5.96. The summed E-state index contributed by atoms with van der Waals surface area (Å²) in [5, 5.41) is 4.86. The Morgan fingerprint density at radius 3 is 2.48 bits per heavy atom. The lowest BCUT2D eigenvalue weighted by atomic mass is 10.1. The maximum atomic E-state index is 12.3. The molecule has 0 spiro atoms. The molecule has 2 fully saturated rings. The lowest BCUT2D eigenvalue weighted by molar-refractivity contribution is -0.143. The molecule has 0 radical (unpaired) electrons. The molecule has 0 aromatic rings. The van der Waals surface area contributed by atoms with Crippen molar-refractivity contribution < 1.29 is 19.1 Å². The minimum absolute atomic E-state index is 0.0570. The number of piperazine rings is 1. The zero-order chi connectivity index (χ0) is 16.8. The van der Waals surface area contributed by atoms with Crippen LogP contribution in [0.3, 0.4) is 0 Å². The molecule has 23 heavy (non-hydrogen) atoms. The molecule has 130 valence electrons. The first-order valence-electron chi connectivity index (χ1n) is 8.26. The van der Waals surface area contributed by atoms with Gasteiger partial charge >= 0.3 is 6.03 Å². The highest BCUT2D eigenvalue weighted by Gasteiger charge is 2.32. The monoisotopic (exact) mass is 326 g/mol. The van der Waals surface area contributed by atoms with Gasteiger partial charge in [0.15, 0.2) is 0 Å². The number of nitrogens with zero attached hydrogens (tertiary/aromatic N) is 2. The summed E-state index contributed by atoms with van der Waals surface area (Å²) in [6.45, 7) is 7.08. The van der Waals surface area contributed by atoms with E-state index in [1.165, 1.54) is 0 Å². The zero-order valence-electron chi connectivity index (χ0n) is 13.8. The Morgan fingerprint density at radius 2 is 1.91 bits per heavy atom. The van der Waals surface area contributed by atoms with Crippen LogP contribution in [0.1, 0.15) is 26.7 Å². The van der Waals surface area contributed by atoms with Gasteiger partial charge in [-0.2, -0.15) is 0 Å². The standard InChI is InChI=1S/C15H26N4O4/c1-3-16-15(22)17-13(20)11(2)18-6-8-19(9-7-18)14(21)12-5-4-10-23-12/h11-12H,3-10H2,1-2H3,(H2,16,17,20,22). The van der Waals surface area contributed by atoms with Crippen molar-refractivity contribution in [1.29, 1.82) is 0 Å². The zero-order valence-corrected chi connectivity index (χ0v) is 13.8. The molecular weight excluding hydrogens is 300 g/mol. The summed E-state index contributed by atoms with van der Waals surface area (Å²) in [6, 6.07) is -0.880. The van der Waals surface area contributed by atoms with E-state index >= 15 is 0 Å². The van der Waals surface area contributed by atoms with Crippen LogP contribution in [0.5, 0.6) is 0 Å². The number of imide groups is 1. The van der Waals surface area contributed by atoms with Gasteiger partial charge in [-0.1, -0.05) is 0 Å². The maximum absolute atomic E-state index is 12.3. The van der Waals surface area contributed by atoms with Gasteiger partial charge in [0.05, 0.1) is 6.04 Å². The number of amides is 4. The SMILES string of the molecule is CCNC(=O)NC(=O)C(C)N1CCN(C(=O)C2CCCO2)CC1. The summed E-state index contributed by atoms with van der Waals surface area (Å²) in [5.41, 5.74) is 0. The molecular formula is C15H26N4O4. The average Bonchev–Trinajstić information content (AvgIpc) is 3.08. The number of carbonyl (C=O) groups is 3. The summed E-state index contributed by atoms with van der Waals surface area (Å²) in [6.07, 6.45) is 1.44. The molecule has 8 nitrogen and oxygen atoms in total. The largest absolute Gasteiger partial charge is 0.368 e. The van der Waals surface area contributed by atoms with Crippen molar-refractivity contribution in [2.24, 2.45) is 0 Å². The van der Waals surface area contributed by atoms with Crippen molar-refractivity contribution >= 4 is 17.8 Å². The molecule has 4 amide bonds. The molecule has 8 heteroatoms. The second kappa shape index (κ2) is 8.26. The number of rotatable bonds is 4. The van der Waals surface area contributed by atoms with E-state index in [-0.39, 0.29) is 17.9 Å². The molecule has 2 saturated heterocycles. The number of carbonyl (C=O) groups excluding carboxylic acids is 3. The van der Waals surface area contributed by atoms with Crippen molar-refractivity contribution in [2.75, 3.05) is 39.3 Å². The number of urea groups is 1. The molecule has 2 rings (SSSR count). The lowest BCUT2D eigenvalue weighted by Gasteiger charge is -2.38. The van der Waals surface area contributed by atoms with E-state index in [2.05, 4.69) is 10.6 Å². The van der Waals surface area contributed by atoms with E-state index in [1.54, 1.807) is 18.7 Å². The summed E-state index contributed by atoms with van der Waals surface area (Å²) < 4.78 is 5.43. The predicted molar refractivity (Wildman–Crippen MR) is 83.8 cm³/mol. The summed E-state index contributed by atoms with van der Waals surface area (Å²) in [7, 11) is 0. The number of nitrogens with one attached hydrogen (secondary N) is 2. The van der Waals surface area contributed by atoms with Crippen molar-refractivity contribution in [3.8, 4) is 0 Å². The van der Waals surface area contributed by atoms with Gasteiger partial charge in [0.25, 0.3) is 5.91 Å². The van der Waals surface area contributed by atoms with Crippen LogP contribution in [-0.2, 0) is 14.3 Å². The molecule has 2 aliphatic rings. The van der Waals surface area contributed by atoms with Gasteiger partial charge in [0, 0.05) is 39.3 Å². The van der Waals surface area contributed by atoms with E-state index in [9.17, 15) is 14.4 Å². The van der Waals surface area contributed by atoms with Gasteiger partial charge in [0.1, 0.15) is 6.10 Å². The molecule has 0 bridgehead atoms. The third-order valence-corrected chi connectivity index (χ3v) is 4.33. The van der Waals surface area contributed by atoms with E-state index in [4.69, 9.17) is 4.74 Å². The molecule has 0 aliphatic carbocycles. The van der Waals surface area contributed by atoms with Gasteiger partial charge in [-0.05, 0) is 26.7 Å². The number of hydrogen-bond donors (Lipinski definition) is 2. The van der Waals surface area contributed by atoms with E-state index in [0.717, 1.165) is 12.8 Å². The normalized spacial score (nSPS) is 23.4. The minimum atomic E-state index is -0.475. The fraction of sp³-hybridized carbons (Fsp3) is 0.800. The fourth-order valence-electron chi connectivity index (χ4n) is 2.89. The van der Waals surface area contributed by atoms with Crippen LogP contribution < -0.4 is 10.6 Å². The average molecular weight is 326 g/mol. The molecule has 2 N–H and O–H groups in total. The highest BCUT2D eigenvalue weighted by atomic mass is 16.5. The van der Waals surface area contributed by atoms with Crippen LogP contribution in [0.25, 0.3) is 0 Å². The molecule has 0 aromatic carbocycles. The second-order valence-corrected chi connectivity index (χ2v) is 5.89. The smallest absolute Gasteiger partial charge is 0.321 e. The first-order chi connectivity index (χ1) is 11.0. The molecule has 2 atom stereocenters. The Kier molecular flexibility index (Phi) is 6.35. The second-order valence-electron chi connectivity index (χ2n) is 5.89. The molecule has 2 heterocycles. The summed E-state index contributed by atoms with van der Waals surface area (Å²) >= 11 is 0. The molecule has 2 aliphatic heterocycles. The minimum Gasteiger partial charge on any atom is -0.368 e. The van der Waals surface area contributed by atoms with Crippen molar-refractivity contribution in [1.82, 2.24) is 20.4 Å². The Hall–Kier alpha value is -1.67. The summed E-state index contributed by atoms with van der Waals surface area (Å²) in [5.74, 6) is -0.267.